The summed E-state index contributed by atoms with van der Waals surface area (Å²) in [5.41, 5.74) is 2.19. The molecule has 3 heterocycles. The maximum atomic E-state index is 14.0. The third-order valence-electron chi connectivity index (χ3n) is 5.73. The van der Waals surface area contributed by atoms with Crippen LogP contribution in [0.15, 0.2) is 42.6 Å². The quantitative estimate of drug-likeness (QED) is 0.385. The number of imidazole rings is 1. The van der Waals surface area contributed by atoms with Crippen molar-refractivity contribution in [3.63, 3.8) is 0 Å². The first kappa shape index (κ1) is 22.0. The van der Waals surface area contributed by atoms with Crippen molar-refractivity contribution in [2.24, 2.45) is 5.92 Å². The standard InChI is InChI=1S/C23H20Cl2F2N6/c24-16-2-1-3-17(25)20(16)22-31-19-11-30-23(29-10-14-4-5-15(26)8-18(14)27)32-21(19)33(22)12-13-6-7-28-9-13/h1-5,8,11,13,28H,6-7,9-10,12H2,(H,29,30,32)/t13-/m0/s1. The van der Waals surface area contributed by atoms with Crippen LogP contribution in [0.4, 0.5) is 14.7 Å². The average Bonchev–Trinajstić information content (AvgIpc) is 3.42. The molecule has 0 radical (unpaired) electrons. The fourth-order valence-electron chi connectivity index (χ4n) is 4.05. The number of fused-ring (bicyclic) bond motifs is 1. The maximum Gasteiger partial charge on any atom is 0.225 e. The van der Waals surface area contributed by atoms with Crippen LogP contribution in [0.1, 0.15) is 12.0 Å². The van der Waals surface area contributed by atoms with Crippen molar-refractivity contribution < 1.29 is 8.78 Å². The Kier molecular flexibility index (Phi) is 6.14. The summed E-state index contributed by atoms with van der Waals surface area (Å²) in [7, 11) is 0. The summed E-state index contributed by atoms with van der Waals surface area (Å²) in [6, 6.07) is 8.81. The molecule has 4 aromatic rings. The fourth-order valence-corrected chi connectivity index (χ4v) is 4.61. The van der Waals surface area contributed by atoms with Gasteiger partial charge in [-0.15, -0.1) is 0 Å². The normalized spacial score (nSPS) is 15.9. The number of hydrogen-bond acceptors (Lipinski definition) is 5. The summed E-state index contributed by atoms with van der Waals surface area (Å²) in [6.45, 7) is 2.66. The largest absolute Gasteiger partial charge is 0.350 e. The van der Waals surface area contributed by atoms with Gasteiger partial charge in [-0.05, 0) is 43.6 Å². The molecule has 1 atom stereocenters. The highest BCUT2D eigenvalue weighted by atomic mass is 35.5. The van der Waals surface area contributed by atoms with Crippen molar-refractivity contribution in [1.29, 1.82) is 0 Å². The van der Waals surface area contributed by atoms with Crippen molar-refractivity contribution >= 4 is 40.3 Å². The highest BCUT2D eigenvalue weighted by Crippen LogP contribution is 2.36. The van der Waals surface area contributed by atoms with Gasteiger partial charge in [0.15, 0.2) is 5.65 Å². The van der Waals surface area contributed by atoms with E-state index >= 15 is 0 Å². The van der Waals surface area contributed by atoms with Crippen LogP contribution in [0, 0.1) is 17.6 Å². The Hall–Kier alpha value is -2.81. The Balaban J connectivity index is 1.54. The van der Waals surface area contributed by atoms with E-state index in [0.717, 1.165) is 25.6 Å². The SMILES string of the molecule is Fc1ccc(CNc2ncc3nc(-c4c(Cl)cccc4Cl)n(C[C@H]4CCNC4)c3n2)c(F)c1. The zero-order valence-corrected chi connectivity index (χ0v) is 19.0. The molecule has 33 heavy (non-hydrogen) atoms. The topological polar surface area (TPSA) is 67.7 Å². The predicted molar refractivity (Wildman–Crippen MR) is 125 cm³/mol. The first-order valence-corrected chi connectivity index (χ1v) is 11.3. The first-order chi connectivity index (χ1) is 16.0. The van der Waals surface area contributed by atoms with Gasteiger partial charge < -0.3 is 15.2 Å². The van der Waals surface area contributed by atoms with Crippen LogP contribution in [0.25, 0.3) is 22.6 Å². The molecule has 0 unspecified atom stereocenters. The van der Waals surface area contributed by atoms with Gasteiger partial charge in [0.05, 0.1) is 21.8 Å². The van der Waals surface area contributed by atoms with Crippen molar-refractivity contribution in [3.05, 3.63) is 69.8 Å². The zero-order valence-electron chi connectivity index (χ0n) is 17.5. The van der Waals surface area contributed by atoms with Gasteiger partial charge in [0.2, 0.25) is 5.95 Å². The van der Waals surface area contributed by atoms with Crippen LogP contribution in [-0.4, -0.2) is 32.6 Å². The number of anilines is 1. The van der Waals surface area contributed by atoms with Crippen molar-refractivity contribution in [1.82, 2.24) is 24.8 Å². The minimum Gasteiger partial charge on any atom is -0.350 e. The smallest absolute Gasteiger partial charge is 0.225 e. The van der Waals surface area contributed by atoms with Crippen molar-refractivity contribution in [3.8, 4) is 11.4 Å². The summed E-state index contributed by atoms with van der Waals surface area (Å²) in [5, 5.41) is 7.40. The molecule has 2 aromatic carbocycles. The lowest BCUT2D eigenvalue weighted by atomic mass is 10.1. The molecule has 2 aromatic heterocycles. The highest BCUT2D eigenvalue weighted by molar-refractivity contribution is 6.39. The minimum absolute atomic E-state index is 0.113. The Labute approximate surface area is 199 Å². The third kappa shape index (κ3) is 4.51. The molecule has 2 N–H and O–H groups in total. The molecule has 0 saturated carbocycles. The number of aromatic nitrogens is 4. The number of halogens is 4. The number of nitrogens with one attached hydrogen (secondary N) is 2. The average molecular weight is 489 g/mol. The Morgan fingerprint density at radius 1 is 1.12 bits per heavy atom. The van der Waals surface area contributed by atoms with E-state index in [-0.39, 0.29) is 6.54 Å². The van der Waals surface area contributed by atoms with E-state index < -0.39 is 11.6 Å². The van der Waals surface area contributed by atoms with Crippen molar-refractivity contribution in [2.45, 2.75) is 19.5 Å². The molecule has 1 aliphatic rings. The fraction of sp³-hybridized carbons (Fsp3) is 0.261. The monoisotopic (exact) mass is 488 g/mol. The lowest BCUT2D eigenvalue weighted by molar-refractivity contribution is 0.490. The van der Waals surface area contributed by atoms with Crippen LogP contribution in [0.5, 0.6) is 0 Å². The number of benzene rings is 2. The molecule has 1 fully saturated rings. The highest BCUT2D eigenvalue weighted by Gasteiger charge is 2.23. The van der Waals surface area contributed by atoms with Crippen LogP contribution in [0.2, 0.25) is 10.0 Å². The minimum atomic E-state index is -0.627. The molecule has 0 amide bonds. The zero-order chi connectivity index (χ0) is 22.9. The molecule has 1 saturated heterocycles. The van der Waals surface area contributed by atoms with E-state index in [1.54, 1.807) is 24.4 Å². The second-order valence-electron chi connectivity index (χ2n) is 7.99. The van der Waals surface area contributed by atoms with Crippen LogP contribution in [-0.2, 0) is 13.1 Å². The molecule has 10 heteroatoms. The first-order valence-electron chi connectivity index (χ1n) is 10.6. The lowest BCUT2D eigenvalue weighted by Crippen LogP contribution is -2.16. The van der Waals surface area contributed by atoms with Gasteiger partial charge in [-0.1, -0.05) is 35.3 Å². The molecule has 170 valence electrons. The summed E-state index contributed by atoms with van der Waals surface area (Å²) < 4.78 is 29.2. The van der Waals surface area contributed by atoms with Gasteiger partial charge in [-0.25, -0.2) is 18.7 Å². The van der Waals surface area contributed by atoms with Gasteiger partial charge in [0.25, 0.3) is 0 Å². The third-order valence-corrected chi connectivity index (χ3v) is 6.36. The second-order valence-corrected chi connectivity index (χ2v) is 8.81. The Morgan fingerprint density at radius 3 is 2.67 bits per heavy atom. The second kappa shape index (κ2) is 9.21. The van der Waals surface area contributed by atoms with E-state index in [1.807, 2.05) is 4.57 Å². The molecule has 1 aliphatic heterocycles. The molecular formula is C23H20Cl2F2N6. The molecule has 0 aliphatic carbocycles. The van der Waals surface area contributed by atoms with E-state index in [9.17, 15) is 8.78 Å². The van der Waals surface area contributed by atoms with E-state index in [4.69, 9.17) is 28.2 Å². The molecule has 5 rings (SSSR count). The molecule has 0 bridgehead atoms. The van der Waals surface area contributed by atoms with Crippen LogP contribution >= 0.6 is 23.2 Å². The summed E-state index contributed by atoms with van der Waals surface area (Å²) in [4.78, 5) is 13.7. The Bertz CT molecular complexity index is 1300. The van der Waals surface area contributed by atoms with Gasteiger partial charge in [0.1, 0.15) is 23.0 Å². The maximum absolute atomic E-state index is 14.0. The number of nitrogens with zero attached hydrogens (tertiary/aromatic N) is 4. The summed E-state index contributed by atoms with van der Waals surface area (Å²) in [6.07, 6.45) is 2.65. The Morgan fingerprint density at radius 2 is 1.94 bits per heavy atom. The van der Waals surface area contributed by atoms with Crippen LogP contribution < -0.4 is 10.6 Å². The van der Waals surface area contributed by atoms with E-state index in [2.05, 4.69) is 20.6 Å². The molecule has 0 spiro atoms. The van der Waals surface area contributed by atoms with Crippen molar-refractivity contribution in [2.75, 3.05) is 18.4 Å². The summed E-state index contributed by atoms with van der Waals surface area (Å²) in [5.74, 6) is 0.0994. The lowest BCUT2D eigenvalue weighted by Gasteiger charge is -2.15. The molecular weight excluding hydrogens is 469 g/mol. The number of rotatable bonds is 6. The van der Waals surface area contributed by atoms with E-state index in [0.29, 0.717) is 56.6 Å². The van der Waals surface area contributed by atoms with Gasteiger partial charge in [0, 0.05) is 24.7 Å². The van der Waals surface area contributed by atoms with Gasteiger partial charge in [-0.3, -0.25) is 0 Å². The molecule has 6 nitrogen and oxygen atoms in total. The van der Waals surface area contributed by atoms with Gasteiger partial charge in [-0.2, -0.15) is 4.98 Å². The van der Waals surface area contributed by atoms with Gasteiger partial charge >= 0.3 is 0 Å². The summed E-state index contributed by atoms with van der Waals surface area (Å²) >= 11 is 13.0. The van der Waals surface area contributed by atoms with Crippen LogP contribution in [0.3, 0.4) is 0 Å². The predicted octanol–water partition coefficient (Wildman–Crippen LogP) is 5.30. The van der Waals surface area contributed by atoms with E-state index in [1.165, 1.54) is 12.1 Å². The number of hydrogen-bond donors (Lipinski definition) is 2.